The fraction of sp³-hybridized carbons (Fsp3) is 0.500. The van der Waals surface area contributed by atoms with Crippen molar-refractivity contribution in [2.45, 2.75) is 19.3 Å². The van der Waals surface area contributed by atoms with Gasteiger partial charge in [-0.2, -0.15) is 0 Å². The zero-order valence-corrected chi connectivity index (χ0v) is 10.6. The van der Waals surface area contributed by atoms with E-state index in [0.717, 1.165) is 24.3 Å². The summed E-state index contributed by atoms with van der Waals surface area (Å²) in [7, 11) is 0. The summed E-state index contributed by atoms with van der Waals surface area (Å²) in [5.74, 6) is -0.637. The van der Waals surface area contributed by atoms with E-state index in [1.165, 1.54) is 0 Å². The second-order valence-corrected chi connectivity index (χ2v) is 4.50. The SMILES string of the molecule is CCOCCN1CC(CC(=O)O)c2ccccc21. The smallest absolute Gasteiger partial charge is 0.304 e. The van der Waals surface area contributed by atoms with Gasteiger partial charge < -0.3 is 14.7 Å². The molecule has 0 amide bonds. The molecule has 0 fully saturated rings. The van der Waals surface area contributed by atoms with Crippen molar-refractivity contribution in [1.29, 1.82) is 0 Å². The molecule has 0 radical (unpaired) electrons. The number of carboxylic acid groups (broad SMARTS) is 1. The summed E-state index contributed by atoms with van der Waals surface area (Å²) in [6.45, 7) is 4.98. The van der Waals surface area contributed by atoms with Gasteiger partial charge >= 0.3 is 5.97 Å². The molecule has 98 valence electrons. The van der Waals surface area contributed by atoms with Gasteiger partial charge in [0, 0.05) is 31.3 Å². The van der Waals surface area contributed by atoms with Crippen molar-refractivity contribution in [2.24, 2.45) is 0 Å². The fourth-order valence-corrected chi connectivity index (χ4v) is 2.50. The number of carbonyl (C=O) groups is 1. The van der Waals surface area contributed by atoms with E-state index in [9.17, 15) is 4.79 Å². The maximum absolute atomic E-state index is 10.9. The predicted molar refractivity (Wildman–Crippen MR) is 70.1 cm³/mol. The average Bonchev–Trinajstić information content (AvgIpc) is 2.68. The van der Waals surface area contributed by atoms with Crippen LogP contribution in [0.5, 0.6) is 0 Å². The largest absolute Gasteiger partial charge is 0.481 e. The molecule has 2 rings (SSSR count). The number of hydrogen-bond donors (Lipinski definition) is 1. The van der Waals surface area contributed by atoms with Crippen molar-refractivity contribution < 1.29 is 14.6 Å². The average molecular weight is 249 g/mol. The molecule has 0 spiro atoms. The Morgan fingerprint density at radius 2 is 2.28 bits per heavy atom. The molecule has 0 bridgehead atoms. The number of rotatable bonds is 6. The highest BCUT2D eigenvalue weighted by Crippen LogP contribution is 2.37. The van der Waals surface area contributed by atoms with Gasteiger partial charge in [-0.3, -0.25) is 4.79 Å². The molecule has 1 atom stereocenters. The Morgan fingerprint density at radius 3 is 3.00 bits per heavy atom. The number of aliphatic carboxylic acids is 1. The molecular formula is C14H19NO3. The lowest BCUT2D eigenvalue weighted by molar-refractivity contribution is -0.137. The molecule has 18 heavy (non-hydrogen) atoms. The first-order valence-electron chi connectivity index (χ1n) is 6.35. The summed E-state index contributed by atoms with van der Waals surface area (Å²) in [6, 6.07) is 8.06. The Hall–Kier alpha value is -1.55. The molecule has 0 aliphatic carbocycles. The summed E-state index contributed by atoms with van der Waals surface area (Å²) in [5.41, 5.74) is 2.31. The zero-order valence-electron chi connectivity index (χ0n) is 10.6. The van der Waals surface area contributed by atoms with Gasteiger partial charge in [0.05, 0.1) is 13.0 Å². The number of benzene rings is 1. The normalized spacial score (nSPS) is 17.8. The topological polar surface area (TPSA) is 49.8 Å². The van der Waals surface area contributed by atoms with Crippen LogP contribution in [-0.2, 0) is 9.53 Å². The third-order valence-electron chi connectivity index (χ3n) is 3.29. The summed E-state index contributed by atoms with van der Waals surface area (Å²) < 4.78 is 5.37. The molecule has 1 aliphatic rings. The number of hydrogen-bond acceptors (Lipinski definition) is 3. The van der Waals surface area contributed by atoms with Gasteiger partial charge in [-0.1, -0.05) is 18.2 Å². The molecule has 1 N–H and O–H groups in total. The van der Waals surface area contributed by atoms with Crippen LogP contribution in [0.25, 0.3) is 0 Å². The Bertz CT molecular complexity index is 419. The van der Waals surface area contributed by atoms with E-state index in [1.54, 1.807) is 0 Å². The Kier molecular flexibility index (Phi) is 4.20. The van der Waals surface area contributed by atoms with Crippen LogP contribution >= 0.6 is 0 Å². The maximum Gasteiger partial charge on any atom is 0.304 e. The lowest BCUT2D eigenvalue weighted by Gasteiger charge is -2.19. The highest BCUT2D eigenvalue weighted by Gasteiger charge is 2.29. The van der Waals surface area contributed by atoms with Crippen LogP contribution in [0.2, 0.25) is 0 Å². The van der Waals surface area contributed by atoms with Gasteiger partial charge in [-0.25, -0.2) is 0 Å². The molecule has 1 aromatic rings. The van der Waals surface area contributed by atoms with Crippen LogP contribution in [0, 0.1) is 0 Å². The third kappa shape index (κ3) is 2.82. The predicted octanol–water partition coefficient (Wildman–Crippen LogP) is 2.10. The standard InChI is InChI=1S/C14H19NO3/c1-2-18-8-7-15-10-11(9-14(16)17)12-5-3-4-6-13(12)15/h3-6,11H,2,7-10H2,1H3,(H,16,17). The van der Waals surface area contributed by atoms with E-state index >= 15 is 0 Å². The first-order chi connectivity index (χ1) is 8.72. The monoisotopic (exact) mass is 249 g/mol. The van der Waals surface area contributed by atoms with E-state index < -0.39 is 5.97 Å². The van der Waals surface area contributed by atoms with Crippen molar-refractivity contribution in [1.82, 2.24) is 0 Å². The third-order valence-corrected chi connectivity index (χ3v) is 3.29. The minimum Gasteiger partial charge on any atom is -0.481 e. The van der Waals surface area contributed by atoms with E-state index in [4.69, 9.17) is 9.84 Å². The molecule has 1 aliphatic heterocycles. The van der Waals surface area contributed by atoms with Gasteiger partial charge in [-0.05, 0) is 18.6 Å². The van der Waals surface area contributed by atoms with Gasteiger partial charge in [0.1, 0.15) is 0 Å². The Morgan fingerprint density at radius 1 is 1.50 bits per heavy atom. The maximum atomic E-state index is 10.9. The molecule has 0 saturated heterocycles. The number of nitrogens with zero attached hydrogens (tertiary/aromatic N) is 1. The van der Waals surface area contributed by atoms with Crippen LogP contribution in [0.4, 0.5) is 5.69 Å². The number of carboxylic acids is 1. The summed E-state index contributed by atoms with van der Waals surface area (Å²) in [4.78, 5) is 13.1. The van der Waals surface area contributed by atoms with Crippen molar-refractivity contribution >= 4 is 11.7 Å². The Labute approximate surface area is 107 Å². The van der Waals surface area contributed by atoms with Crippen LogP contribution < -0.4 is 4.90 Å². The summed E-state index contributed by atoms with van der Waals surface area (Å²) in [5, 5.41) is 8.96. The second-order valence-electron chi connectivity index (χ2n) is 4.50. The van der Waals surface area contributed by atoms with Crippen molar-refractivity contribution in [3.63, 3.8) is 0 Å². The lowest BCUT2D eigenvalue weighted by Crippen LogP contribution is -2.26. The summed E-state index contributed by atoms with van der Waals surface area (Å²) in [6.07, 6.45) is 0.197. The van der Waals surface area contributed by atoms with Crippen LogP contribution in [-0.4, -0.2) is 37.4 Å². The fourth-order valence-electron chi connectivity index (χ4n) is 2.50. The van der Waals surface area contributed by atoms with E-state index in [-0.39, 0.29) is 12.3 Å². The Balaban J connectivity index is 2.09. The molecular weight excluding hydrogens is 230 g/mol. The molecule has 4 nitrogen and oxygen atoms in total. The first-order valence-corrected chi connectivity index (χ1v) is 6.35. The van der Waals surface area contributed by atoms with E-state index in [1.807, 2.05) is 25.1 Å². The van der Waals surface area contributed by atoms with E-state index in [2.05, 4.69) is 11.0 Å². The molecule has 1 heterocycles. The molecule has 1 unspecified atom stereocenters. The van der Waals surface area contributed by atoms with Gasteiger partial charge in [0.2, 0.25) is 0 Å². The molecule has 1 aromatic carbocycles. The summed E-state index contributed by atoms with van der Waals surface area (Å²) >= 11 is 0. The first kappa shape index (κ1) is 12.9. The number of fused-ring (bicyclic) bond motifs is 1. The molecule has 0 aromatic heterocycles. The van der Waals surface area contributed by atoms with Crippen LogP contribution in [0.1, 0.15) is 24.8 Å². The molecule has 4 heteroatoms. The van der Waals surface area contributed by atoms with Crippen LogP contribution in [0.3, 0.4) is 0 Å². The molecule has 0 saturated carbocycles. The second kappa shape index (κ2) is 5.87. The van der Waals surface area contributed by atoms with Crippen molar-refractivity contribution in [3.8, 4) is 0 Å². The lowest BCUT2D eigenvalue weighted by atomic mass is 9.98. The van der Waals surface area contributed by atoms with Crippen molar-refractivity contribution in [2.75, 3.05) is 31.2 Å². The van der Waals surface area contributed by atoms with E-state index in [0.29, 0.717) is 13.2 Å². The minimum atomic E-state index is -0.735. The van der Waals surface area contributed by atoms with Gasteiger partial charge in [-0.15, -0.1) is 0 Å². The van der Waals surface area contributed by atoms with Gasteiger partial charge in [0.25, 0.3) is 0 Å². The number of anilines is 1. The zero-order chi connectivity index (χ0) is 13.0. The van der Waals surface area contributed by atoms with Gasteiger partial charge in [0.15, 0.2) is 0 Å². The minimum absolute atomic E-state index is 0.0975. The van der Waals surface area contributed by atoms with Crippen molar-refractivity contribution in [3.05, 3.63) is 29.8 Å². The van der Waals surface area contributed by atoms with Crippen LogP contribution in [0.15, 0.2) is 24.3 Å². The highest BCUT2D eigenvalue weighted by atomic mass is 16.5. The highest BCUT2D eigenvalue weighted by molar-refractivity contribution is 5.71. The number of ether oxygens (including phenoxy) is 1. The quantitative estimate of drug-likeness (QED) is 0.784. The number of para-hydroxylation sites is 1.